The number of rotatable bonds is 3. The molecular formula is C16H15Cl2N3O. The van der Waals surface area contributed by atoms with Crippen LogP contribution in [-0.4, -0.2) is 24.0 Å². The fourth-order valence-corrected chi connectivity index (χ4v) is 3.12. The third kappa shape index (κ3) is 3.03. The predicted octanol–water partition coefficient (Wildman–Crippen LogP) is 4.24. The summed E-state index contributed by atoms with van der Waals surface area (Å²) in [6, 6.07) is 8.83. The highest BCUT2D eigenvalue weighted by Crippen LogP contribution is 2.36. The van der Waals surface area contributed by atoms with Crippen LogP contribution in [0.2, 0.25) is 10.2 Å². The number of nitrogens with zero attached hydrogens (tertiary/aromatic N) is 2. The van der Waals surface area contributed by atoms with E-state index in [1.165, 1.54) is 0 Å². The first kappa shape index (κ1) is 15.1. The van der Waals surface area contributed by atoms with Gasteiger partial charge in [-0.05, 0) is 37.1 Å². The van der Waals surface area contributed by atoms with Crippen LogP contribution in [0.1, 0.15) is 23.2 Å². The van der Waals surface area contributed by atoms with Crippen LogP contribution in [0.25, 0.3) is 0 Å². The van der Waals surface area contributed by atoms with Crippen molar-refractivity contribution in [2.75, 3.05) is 23.3 Å². The van der Waals surface area contributed by atoms with Crippen LogP contribution in [0.4, 0.5) is 11.4 Å². The molecule has 0 bridgehead atoms. The van der Waals surface area contributed by atoms with Crippen molar-refractivity contribution in [1.29, 1.82) is 0 Å². The molecule has 6 heteroatoms. The van der Waals surface area contributed by atoms with Gasteiger partial charge < -0.3 is 10.2 Å². The zero-order valence-corrected chi connectivity index (χ0v) is 13.4. The molecule has 0 radical (unpaired) electrons. The third-order valence-electron chi connectivity index (χ3n) is 3.66. The summed E-state index contributed by atoms with van der Waals surface area (Å²) in [5, 5.41) is 3.72. The number of para-hydroxylation sites is 1. The molecule has 4 nitrogen and oxygen atoms in total. The second kappa shape index (κ2) is 6.55. The normalized spacial score (nSPS) is 14.2. The number of aromatic nitrogens is 1. The molecule has 0 unspecified atom stereocenters. The first-order valence-corrected chi connectivity index (χ1v) is 7.88. The van der Waals surface area contributed by atoms with Gasteiger partial charge in [-0.1, -0.05) is 29.3 Å². The summed E-state index contributed by atoms with van der Waals surface area (Å²) in [7, 11) is 0. The quantitative estimate of drug-likeness (QED) is 0.853. The molecule has 1 aromatic heterocycles. The summed E-state index contributed by atoms with van der Waals surface area (Å²) in [5.41, 5.74) is 1.91. The Labute approximate surface area is 139 Å². The van der Waals surface area contributed by atoms with Gasteiger partial charge >= 0.3 is 0 Å². The molecule has 1 aromatic carbocycles. The minimum Gasteiger partial charge on any atom is -0.369 e. The summed E-state index contributed by atoms with van der Waals surface area (Å²) < 4.78 is 0. The van der Waals surface area contributed by atoms with Crippen molar-refractivity contribution in [3.8, 4) is 0 Å². The molecule has 1 saturated heterocycles. The van der Waals surface area contributed by atoms with E-state index in [-0.39, 0.29) is 11.1 Å². The molecule has 22 heavy (non-hydrogen) atoms. The number of carbonyl (C=O) groups is 1. The van der Waals surface area contributed by atoms with E-state index >= 15 is 0 Å². The Balaban J connectivity index is 1.91. The standard InChI is InChI=1S/C16H15Cl2N3O/c17-12-6-3-7-13(14(12)21-9-1-2-10-21)20-16(22)11-5-4-8-19-15(11)18/h3-8H,1-2,9-10H2,(H,20,22). The molecule has 3 rings (SSSR count). The highest BCUT2D eigenvalue weighted by molar-refractivity contribution is 6.35. The number of carbonyl (C=O) groups excluding carboxylic acids is 1. The highest BCUT2D eigenvalue weighted by Gasteiger charge is 2.20. The van der Waals surface area contributed by atoms with Crippen LogP contribution in [0.15, 0.2) is 36.5 Å². The van der Waals surface area contributed by atoms with Crippen molar-refractivity contribution in [3.05, 3.63) is 52.3 Å². The maximum atomic E-state index is 12.4. The number of benzene rings is 1. The molecule has 1 amide bonds. The van der Waals surface area contributed by atoms with Crippen molar-refractivity contribution < 1.29 is 4.79 Å². The van der Waals surface area contributed by atoms with Gasteiger partial charge in [-0.3, -0.25) is 4.79 Å². The molecule has 1 N–H and O–H groups in total. The van der Waals surface area contributed by atoms with Gasteiger partial charge in [0.1, 0.15) is 5.15 Å². The Morgan fingerprint density at radius 1 is 1.14 bits per heavy atom. The molecule has 0 aliphatic carbocycles. The van der Waals surface area contributed by atoms with E-state index in [0.29, 0.717) is 16.3 Å². The van der Waals surface area contributed by atoms with E-state index in [1.54, 1.807) is 18.3 Å². The second-order valence-corrected chi connectivity index (χ2v) is 5.89. The number of nitrogens with one attached hydrogen (secondary N) is 1. The van der Waals surface area contributed by atoms with Crippen molar-refractivity contribution >= 4 is 40.5 Å². The largest absolute Gasteiger partial charge is 0.369 e. The van der Waals surface area contributed by atoms with E-state index in [4.69, 9.17) is 23.2 Å². The van der Waals surface area contributed by atoms with Gasteiger partial charge in [0.25, 0.3) is 5.91 Å². The van der Waals surface area contributed by atoms with Crippen molar-refractivity contribution in [1.82, 2.24) is 4.98 Å². The zero-order chi connectivity index (χ0) is 15.5. The Morgan fingerprint density at radius 2 is 1.91 bits per heavy atom. The summed E-state index contributed by atoms with van der Waals surface area (Å²) in [5.74, 6) is -0.291. The van der Waals surface area contributed by atoms with Crippen molar-refractivity contribution in [3.63, 3.8) is 0 Å². The monoisotopic (exact) mass is 335 g/mol. The minimum atomic E-state index is -0.291. The zero-order valence-electron chi connectivity index (χ0n) is 11.9. The van der Waals surface area contributed by atoms with Crippen LogP contribution < -0.4 is 10.2 Å². The lowest BCUT2D eigenvalue weighted by atomic mass is 10.2. The summed E-state index contributed by atoms with van der Waals surface area (Å²) in [4.78, 5) is 18.5. The van der Waals surface area contributed by atoms with E-state index in [0.717, 1.165) is 31.6 Å². The van der Waals surface area contributed by atoms with Crippen LogP contribution in [-0.2, 0) is 0 Å². The van der Waals surface area contributed by atoms with Crippen LogP contribution >= 0.6 is 23.2 Å². The minimum absolute atomic E-state index is 0.185. The molecule has 0 saturated carbocycles. The molecule has 1 aliphatic rings. The molecule has 0 spiro atoms. The van der Waals surface area contributed by atoms with Gasteiger partial charge in [0.15, 0.2) is 0 Å². The lowest BCUT2D eigenvalue weighted by Crippen LogP contribution is -2.21. The molecule has 2 aromatic rings. The lowest BCUT2D eigenvalue weighted by Gasteiger charge is -2.23. The first-order valence-electron chi connectivity index (χ1n) is 7.12. The summed E-state index contributed by atoms with van der Waals surface area (Å²) >= 11 is 12.3. The fourth-order valence-electron chi connectivity index (χ4n) is 2.62. The van der Waals surface area contributed by atoms with Crippen molar-refractivity contribution in [2.45, 2.75) is 12.8 Å². The fraction of sp³-hybridized carbons (Fsp3) is 0.250. The lowest BCUT2D eigenvalue weighted by molar-refractivity contribution is 0.102. The maximum absolute atomic E-state index is 12.4. The number of hydrogen-bond donors (Lipinski definition) is 1. The maximum Gasteiger partial charge on any atom is 0.258 e. The van der Waals surface area contributed by atoms with E-state index in [1.807, 2.05) is 18.2 Å². The number of anilines is 2. The SMILES string of the molecule is O=C(Nc1cccc(Cl)c1N1CCCC1)c1cccnc1Cl. The molecule has 2 heterocycles. The van der Waals surface area contributed by atoms with Gasteiger partial charge in [0.2, 0.25) is 0 Å². The average molecular weight is 336 g/mol. The van der Waals surface area contributed by atoms with Crippen LogP contribution in [0, 0.1) is 0 Å². The van der Waals surface area contributed by atoms with E-state index < -0.39 is 0 Å². The number of amides is 1. The van der Waals surface area contributed by atoms with Gasteiger partial charge in [0, 0.05) is 19.3 Å². The van der Waals surface area contributed by atoms with Gasteiger partial charge in [-0.15, -0.1) is 0 Å². The van der Waals surface area contributed by atoms with Crippen LogP contribution in [0.3, 0.4) is 0 Å². The van der Waals surface area contributed by atoms with Gasteiger partial charge in [-0.25, -0.2) is 4.98 Å². The topological polar surface area (TPSA) is 45.2 Å². The molecular weight excluding hydrogens is 321 g/mol. The van der Waals surface area contributed by atoms with Crippen molar-refractivity contribution in [2.24, 2.45) is 0 Å². The average Bonchev–Trinajstić information content (AvgIpc) is 3.01. The number of halogens is 2. The Kier molecular flexibility index (Phi) is 4.50. The van der Waals surface area contributed by atoms with E-state index in [9.17, 15) is 4.79 Å². The molecule has 0 atom stereocenters. The highest BCUT2D eigenvalue weighted by atomic mass is 35.5. The first-order chi connectivity index (χ1) is 10.7. The molecule has 114 valence electrons. The summed E-state index contributed by atoms with van der Waals surface area (Å²) in [6.45, 7) is 1.89. The predicted molar refractivity (Wildman–Crippen MR) is 90.1 cm³/mol. The number of hydrogen-bond acceptors (Lipinski definition) is 3. The van der Waals surface area contributed by atoms with E-state index in [2.05, 4.69) is 15.2 Å². The van der Waals surface area contributed by atoms with Gasteiger partial charge in [-0.2, -0.15) is 0 Å². The molecule has 1 aliphatic heterocycles. The Bertz CT molecular complexity index is 700. The third-order valence-corrected chi connectivity index (χ3v) is 4.27. The number of pyridine rings is 1. The smallest absolute Gasteiger partial charge is 0.258 e. The second-order valence-electron chi connectivity index (χ2n) is 5.13. The Hall–Kier alpha value is -1.78. The molecule has 1 fully saturated rings. The summed E-state index contributed by atoms with van der Waals surface area (Å²) in [6.07, 6.45) is 3.81. The Morgan fingerprint density at radius 3 is 2.64 bits per heavy atom. The van der Waals surface area contributed by atoms with Crippen LogP contribution in [0.5, 0.6) is 0 Å². The van der Waals surface area contributed by atoms with Gasteiger partial charge in [0.05, 0.1) is 22.0 Å².